The molecule has 0 bridgehead atoms. The molecule has 0 radical (unpaired) electrons. The van der Waals surface area contributed by atoms with Crippen molar-refractivity contribution in [1.82, 2.24) is 0 Å². The van der Waals surface area contributed by atoms with E-state index in [1.165, 1.54) is 0 Å². The molecule has 3 atom stereocenters. The van der Waals surface area contributed by atoms with Crippen molar-refractivity contribution in [2.75, 3.05) is 13.2 Å². The Kier molecular flexibility index (Phi) is 7.06. The van der Waals surface area contributed by atoms with Gasteiger partial charge in [0, 0.05) is 5.56 Å². The quantitative estimate of drug-likeness (QED) is 0.410. The summed E-state index contributed by atoms with van der Waals surface area (Å²) >= 11 is 0. The molecule has 3 unspecified atom stereocenters. The van der Waals surface area contributed by atoms with E-state index in [2.05, 4.69) is 12.7 Å². The van der Waals surface area contributed by atoms with Crippen molar-refractivity contribution in [1.29, 1.82) is 0 Å². The van der Waals surface area contributed by atoms with Crippen LogP contribution in [-0.2, 0) is 4.74 Å². The minimum absolute atomic E-state index is 0.00936. The van der Waals surface area contributed by atoms with E-state index in [0.717, 1.165) is 57.1 Å². The molecule has 0 saturated carbocycles. The summed E-state index contributed by atoms with van der Waals surface area (Å²) in [6.07, 6.45) is 10.8. The van der Waals surface area contributed by atoms with Crippen molar-refractivity contribution < 1.29 is 18.3 Å². The lowest BCUT2D eigenvalue weighted by Gasteiger charge is -2.34. The second-order valence-electron chi connectivity index (χ2n) is 7.65. The first-order valence-corrected chi connectivity index (χ1v) is 10.2. The lowest BCUT2D eigenvalue weighted by Crippen LogP contribution is -2.30. The van der Waals surface area contributed by atoms with Crippen LogP contribution in [0.5, 0.6) is 5.75 Å². The van der Waals surface area contributed by atoms with Crippen molar-refractivity contribution in [3.05, 3.63) is 48.1 Å². The van der Waals surface area contributed by atoms with Crippen LogP contribution in [-0.4, -0.2) is 19.3 Å². The van der Waals surface area contributed by atoms with Gasteiger partial charge >= 0.3 is 0 Å². The van der Waals surface area contributed by atoms with Gasteiger partial charge in [-0.15, -0.1) is 6.58 Å². The molecule has 148 valence electrons. The van der Waals surface area contributed by atoms with Gasteiger partial charge in [0.2, 0.25) is 5.82 Å². The van der Waals surface area contributed by atoms with Gasteiger partial charge in [0.05, 0.1) is 19.3 Å². The molecule has 1 aromatic rings. The number of unbranched alkanes of at least 4 members (excludes halogenated alkanes) is 1. The van der Waals surface area contributed by atoms with Gasteiger partial charge in [-0.1, -0.05) is 25.5 Å². The van der Waals surface area contributed by atoms with Gasteiger partial charge in [0.25, 0.3) is 0 Å². The molecule has 27 heavy (non-hydrogen) atoms. The van der Waals surface area contributed by atoms with Gasteiger partial charge in [-0.05, 0) is 68.1 Å². The summed E-state index contributed by atoms with van der Waals surface area (Å²) in [5, 5.41) is 0. The zero-order chi connectivity index (χ0) is 19.2. The number of benzene rings is 1. The van der Waals surface area contributed by atoms with E-state index in [9.17, 15) is 8.78 Å². The summed E-state index contributed by atoms with van der Waals surface area (Å²) in [6.45, 7) is 7.01. The van der Waals surface area contributed by atoms with Gasteiger partial charge in [-0.2, -0.15) is 4.39 Å². The number of allylic oxidation sites excluding steroid dienone is 2. The van der Waals surface area contributed by atoms with Crippen LogP contribution in [0, 0.1) is 23.5 Å². The van der Waals surface area contributed by atoms with E-state index in [0.29, 0.717) is 24.0 Å². The average Bonchev–Trinajstić information content (AvgIpc) is 2.72. The maximum Gasteiger partial charge on any atom is 0.201 e. The molecular weight excluding hydrogens is 346 g/mol. The van der Waals surface area contributed by atoms with Gasteiger partial charge in [-0.25, -0.2) is 4.39 Å². The molecule has 1 aliphatic carbocycles. The molecule has 1 fully saturated rings. The fourth-order valence-electron chi connectivity index (χ4n) is 4.09. The Morgan fingerprint density at radius 2 is 2.04 bits per heavy atom. The topological polar surface area (TPSA) is 18.5 Å². The van der Waals surface area contributed by atoms with Crippen molar-refractivity contribution in [2.45, 2.75) is 58.0 Å². The summed E-state index contributed by atoms with van der Waals surface area (Å²) in [5.41, 5.74) is 1.28. The average molecular weight is 376 g/mol. The third-order valence-corrected chi connectivity index (χ3v) is 5.88. The fourth-order valence-corrected chi connectivity index (χ4v) is 4.09. The summed E-state index contributed by atoms with van der Waals surface area (Å²) < 4.78 is 40.1. The molecule has 0 aromatic heterocycles. The standard InChI is InChI=1S/C23H30F2O2/c1-3-5-14-26-21-13-12-20(22(24)23(21)25)17-8-6-16(7-9-17)18-10-11-19(4-2)27-15-18/h4,8,12-13,16,18-19H,2-3,5-7,9-11,14-15H2,1H3. The predicted molar refractivity (Wildman–Crippen MR) is 105 cm³/mol. The Bertz CT molecular complexity index is 675. The molecule has 0 amide bonds. The van der Waals surface area contributed by atoms with E-state index >= 15 is 0 Å². The van der Waals surface area contributed by atoms with Gasteiger partial charge in [0.15, 0.2) is 11.6 Å². The van der Waals surface area contributed by atoms with Crippen LogP contribution in [0.15, 0.2) is 30.9 Å². The van der Waals surface area contributed by atoms with Crippen molar-refractivity contribution in [2.24, 2.45) is 11.8 Å². The van der Waals surface area contributed by atoms with Gasteiger partial charge in [-0.3, -0.25) is 0 Å². The monoisotopic (exact) mass is 376 g/mol. The second kappa shape index (κ2) is 9.50. The molecule has 1 saturated heterocycles. The maximum atomic E-state index is 14.6. The third-order valence-electron chi connectivity index (χ3n) is 5.88. The van der Waals surface area contributed by atoms with Crippen LogP contribution in [0.3, 0.4) is 0 Å². The SMILES string of the molecule is C=CC1CCC(C2CC=C(c3ccc(OCCCC)c(F)c3F)CC2)CO1. The largest absolute Gasteiger partial charge is 0.490 e. The molecule has 1 aliphatic heterocycles. The third kappa shape index (κ3) is 4.78. The molecule has 3 rings (SSSR count). The normalized spacial score (nSPS) is 25.7. The first-order chi connectivity index (χ1) is 13.1. The van der Waals surface area contributed by atoms with Crippen molar-refractivity contribution in [3.63, 3.8) is 0 Å². The number of rotatable bonds is 7. The molecule has 2 nitrogen and oxygen atoms in total. The van der Waals surface area contributed by atoms with Crippen molar-refractivity contribution in [3.8, 4) is 5.75 Å². The van der Waals surface area contributed by atoms with Crippen LogP contribution >= 0.6 is 0 Å². The smallest absolute Gasteiger partial charge is 0.201 e. The highest BCUT2D eigenvalue weighted by Crippen LogP contribution is 2.39. The number of halogens is 2. The maximum absolute atomic E-state index is 14.6. The minimum atomic E-state index is -0.872. The lowest BCUT2D eigenvalue weighted by atomic mass is 9.76. The Labute approximate surface area is 161 Å². The first-order valence-electron chi connectivity index (χ1n) is 10.2. The summed E-state index contributed by atoms with van der Waals surface area (Å²) in [5.74, 6) is -0.541. The van der Waals surface area contributed by atoms with E-state index in [1.54, 1.807) is 12.1 Å². The van der Waals surface area contributed by atoms with Crippen LogP contribution in [0.4, 0.5) is 8.78 Å². The Morgan fingerprint density at radius 1 is 1.19 bits per heavy atom. The number of hydrogen-bond acceptors (Lipinski definition) is 2. The molecule has 1 heterocycles. The predicted octanol–water partition coefficient (Wildman–Crippen LogP) is 6.31. The summed E-state index contributed by atoms with van der Waals surface area (Å²) in [7, 11) is 0. The Balaban J connectivity index is 1.63. The first kappa shape index (κ1) is 20.1. The highest BCUT2D eigenvalue weighted by Gasteiger charge is 2.29. The molecular formula is C23H30F2O2. The van der Waals surface area contributed by atoms with Crippen LogP contribution in [0.25, 0.3) is 5.57 Å². The second-order valence-corrected chi connectivity index (χ2v) is 7.65. The Morgan fingerprint density at radius 3 is 2.67 bits per heavy atom. The highest BCUT2D eigenvalue weighted by molar-refractivity contribution is 5.67. The van der Waals surface area contributed by atoms with Crippen molar-refractivity contribution >= 4 is 5.57 Å². The molecule has 0 spiro atoms. The van der Waals surface area contributed by atoms with E-state index in [-0.39, 0.29) is 11.9 Å². The van der Waals surface area contributed by atoms with E-state index < -0.39 is 11.6 Å². The zero-order valence-corrected chi connectivity index (χ0v) is 16.2. The van der Waals surface area contributed by atoms with E-state index in [4.69, 9.17) is 9.47 Å². The highest BCUT2D eigenvalue weighted by atomic mass is 19.2. The molecule has 0 N–H and O–H groups in total. The zero-order valence-electron chi connectivity index (χ0n) is 16.2. The van der Waals surface area contributed by atoms with E-state index in [1.807, 2.05) is 13.0 Å². The number of ether oxygens (including phenoxy) is 2. The summed E-state index contributed by atoms with van der Waals surface area (Å²) in [6, 6.07) is 3.21. The van der Waals surface area contributed by atoms with Gasteiger partial charge in [0.1, 0.15) is 0 Å². The lowest BCUT2D eigenvalue weighted by molar-refractivity contribution is -0.00918. The fraction of sp³-hybridized carbons (Fsp3) is 0.565. The molecule has 2 aliphatic rings. The van der Waals surface area contributed by atoms with Crippen LogP contribution in [0.2, 0.25) is 0 Å². The van der Waals surface area contributed by atoms with Gasteiger partial charge < -0.3 is 9.47 Å². The summed E-state index contributed by atoms with van der Waals surface area (Å²) in [4.78, 5) is 0. The molecule has 4 heteroatoms. The molecule has 1 aromatic carbocycles. The van der Waals surface area contributed by atoms with Crippen LogP contribution < -0.4 is 4.74 Å². The number of hydrogen-bond donors (Lipinski definition) is 0. The Hall–Kier alpha value is -1.68. The van der Waals surface area contributed by atoms with Crippen LogP contribution in [0.1, 0.15) is 57.4 Å². The minimum Gasteiger partial charge on any atom is -0.490 e.